The van der Waals surface area contributed by atoms with E-state index in [-0.39, 0.29) is 6.04 Å². The van der Waals surface area contributed by atoms with E-state index in [2.05, 4.69) is 13.0 Å². The third-order valence-corrected chi connectivity index (χ3v) is 3.27. The van der Waals surface area contributed by atoms with Crippen molar-refractivity contribution in [2.75, 3.05) is 0 Å². The molecule has 0 saturated heterocycles. The Balaban J connectivity index is 2.58. The minimum atomic E-state index is 0.265. The molecule has 12 heavy (non-hydrogen) atoms. The SMILES string of the molecule is CC(N)CC(C)c1ccc(Cl)s1. The van der Waals surface area contributed by atoms with E-state index in [0.717, 1.165) is 10.8 Å². The van der Waals surface area contributed by atoms with Gasteiger partial charge in [0.25, 0.3) is 0 Å². The molecule has 0 bridgehead atoms. The van der Waals surface area contributed by atoms with Gasteiger partial charge in [0.05, 0.1) is 4.34 Å². The predicted molar refractivity (Wildman–Crippen MR) is 56.0 cm³/mol. The molecule has 0 spiro atoms. The third-order valence-electron chi connectivity index (χ3n) is 1.81. The zero-order chi connectivity index (χ0) is 9.14. The van der Waals surface area contributed by atoms with Crippen LogP contribution in [-0.4, -0.2) is 6.04 Å². The van der Waals surface area contributed by atoms with Crippen molar-refractivity contribution in [2.24, 2.45) is 5.73 Å². The van der Waals surface area contributed by atoms with E-state index in [1.54, 1.807) is 11.3 Å². The molecule has 0 amide bonds. The van der Waals surface area contributed by atoms with E-state index in [1.807, 2.05) is 13.0 Å². The summed E-state index contributed by atoms with van der Waals surface area (Å²) in [7, 11) is 0. The molecular weight excluding hydrogens is 190 g/mol. The molecule has 1 heterocycles. The number of rotatable bonds is 3. The second-order valence-electron chi connectivity index (χ2n) is 3.26. The van der Waals surface area contributed by atoms with Crippen LogP contribution in [0.4, 0.5) is 0 Å². The average molecular weight is 204 g/mol. The second-order valence-corrected chi connectivity index (χ2v) is 5.00. The van der Waals surface area contributed by atoms with Gasteiger partial charge >= 0.3 is 0 Å². The van der Waals surface area contributed by atoms with Crippen molar-refractivity contribution in [1.82, 2.24) is 0 Å². The van der Waals surface area contributed by atoms with Crippen molar-refractivity contribution in [1.29, 1.82) is 0 Å². The number of halogens is 1. The van der Waals surface area contributed by atoms with E-state index in [1.165, 1.54) is 4.88 Å². The molecule has 1 nitrogen and oxygen atoms in total. The highest BCUT2D eigenvalue weighted by molar-refractivity contribution is 7.16. The van der Waals surface area contributed by atoms with Gasteiger partial charge in [-0.3, -0.25) is 0 Å². The molecule has 68 valence electrons. The zero-order valence-corrected chi connectivity index (χ0v) is 8.95. The van der Waals surface area contributed by atoms with Crippen LogP contribution in [0, 0.1) is 0 Å². The van der Waals surface area contributed by atoms with E-state index in [0.29, 0.717) is 5.92 Å². The summed E-state index contributed by atoms with van der Waals surface area (Å²) in [6.45, 7) is 4.22. The summed E-state index contributed by atoms with van der Waals surface area (Å²) in [6, 6.07) is 4.29. The smallest absolute Gasteiger partial charge is 0.0931 e. The van der Waals surface area contributed by atoms with Crippen molar-refractivity contribution in [3.8, 4) is 0 Å². The van der Waals surface area contributed by atoms with Gasteiger partial charge in [-0.1, -0.05) is 18.5 Å². The van der Waals surface area contributed by atoms with Gasteiger partial charge in [-0.05, 0) is 31.4 Å². The summed E-state index contributed by atoms with van der Waals surface area (Å²) >= 11 is 7.48. The van der Waals surface area contributed by atoms with Gasteiger partial charge in [0.1, 0.15) is 0 Å². The van der Waals surface area contributed by atoms with Crippen LogP contribution in [0.25, 0.3) is 0 Å². The van der Waals surface area contributed by atoms with Crippen molar-refractivity contribution >= 4 is 22.9 Å². The van der Waals surface area contributed by atoms with Gasteiger partial charge in [-0.15, -0.1) is 11.3 Å². The quantitative estimate of drug-likeness (QED) is 0.802. The molecular formula is C9H14ClNS. The first-order chi connectivity index (χ1) is 5.59. The van der Waals surface area contributed by atoms with Crippen molar-refractivity contribution in [2.45, 2.75) is 32.2 Å². The summed E-state index contributed by atoms with van der Waals surface area (Å²) < 4.78 is 0.863. The van der Waals surface area contributed by atoms with E-state index in [4.69, 9.17) is 17.3 Å². The molecule has 0 aromatic carbocycles. The highest BCUT2D eigenvalue weighted by Crippen LogP contribution is 2.30. The fraction of sp³-hybridized carbons (Fsp3) is 0.556. The fourth-order valence-electron chi connectivity index (χ4n) is 1.27. The summed E-state index contributed by atoms with van der Waals surface area (Å²) in [5, 5.41) is 0. The largest absolute Gasteiger partial charge is 0.328 e. The highest BCUT2D eigenvalue weighted by atomic mass is 35.5. The molecule has 2 atom stereocenters. The summed E-state index contributed by atoms with van der Waals surface area (Å²) in [5.74, 6) is 0.530. The number of nitrogens with two attached hydrogens (primary N) is 1. The maximum Gasteiger partial charge on any atom is 0.0931 e. The molecule has 0 radical (unpaired) electrons. The molecule has 1 aromatic heterocycles. The number of hydrogen-bond acceptors (Lipinski definition) is 2. The minimum Gasteiger partial charge on any atom is -0.328 e. The van der Waals surface area contributed by atoms with Gasteiger partial charge in [0.2, 0.25) is 0 Å². The molecule has 1 rings (SSSR count). The molecule has 0 saturated carbocycles. The van der Waals surface area contributed by atoms with Gasteiger partial charge in [0, 0.05) is 10.9 Å². The number of hydrogen-bond donors (Lipinski definition) is 1. The Morgan fingerprint density at radius 1 is 1.50 bits per heavy atom. The summed E-state index contributed by atoms with van der Waals surface area (Å²) in [5.41, 5.74) is 5.71. The lowest BCUT2D eigenvalue weighted by atomic mass is 10.0. The molecule has 0 aliphatic heterocycles. The van der Waals surface area contributed by atoms with Gasteiger partial charge < -0.3 is 5.73 Å². The maximum atomic E-state index is 5.83. The van der Waals surface area contributed by atoms with E-state index in [9.17, 15) is 0 Å². The van der Waals surface area contributed by atoms with Crippen LogP contribution in [0.3, 0.4) is 0 Å². The van der Waals surface area contributed by atoms with Crippen LogP contribution in [-0.2, 0) is 0 Å². The molecule has 2 N–H and O–H groups in total. The Labute approximate surface area is 82.5 Å². The van der Waals surface area contributed by atoms with Crippen LogP contribution in [0.2, 0.25) is 4.34 Å². The first kappa shape index (κ1) is 10.0. The molecule has 2 unspecified atom stereocenters. The zero-order valence-electron chi connectivity index (χ0n) is 7.38. The Hall–Kier alpha value is -0.0500. The Bertz CT molecular complexity index is 244. The van der Waals surface area contributed by atoms with Gasteiger partial charge in [-0.2, -0.15) is 0 Å². The van der Waals surface area contributed by atoms with Crippen LogP contribution < -0.4 is 5.73 Å². The lowest BCUT2D eigenvalue weighted by Crippen LogP contribution is -2.16. The number of thiophene rings is 1. The minimum absolute atomic E-state index is 0.265. The Morgan fingerprint density at radius 3 is 2.58 bits per heavy atom. The van der Waals surface area contributed by atoms with E-state index >= 15 is 0 Å². The summed E-state index contributed by atoms with van der Waals surface area (Å²) in [6.07, 6.45) is 1.02. The molecule has 1 aromatic rings. The standard InChI is InChI=1S/C9H14ClNS/c1-6(5-7(2)11)8-3-4-9(10)12-8/h3-4,6-7H,5,11H2,1-2H3. The average Bonchev–Trinajstić information content (AvgIpc) is 2.34. The van der Waals surface area contributed by atoms with Gasteiger partial charge in [0.15, 0.2) is 0 Å². The van der Waals surface area contributed by atoms with Crippen molar-refractivity contribution < 1.29 is 0 Å². The normalized spacial score (nSPS) is 16.0. The monoisotopic (exact) mass is 203 g/mol. The Morgan fingerprint density at radius 2 is 2.17 bits per heavy atom. The third kappa shape index (κ3) is 2.77. The lowest BCUT2D eigenvalue weighted by Gasteiger charge is -2.11. The highest BCUT2D eigenvalue weighted by Gasteiger charge is 2.09. The first-order valence-corrected chi connectivity index (χ1v) is 5.30. The second kappa shape index (κ2) is 4.26. The first-order valence-electron chi connectivity index (χ1n) is 4.10. The Kier molecular flexibility index (Phi) is 3.56. The molecule has 0 fully saturated rings. The van der Waals surface area contributed by atoms with Crippen LogP contribution in [0.1, 0.15) is 31.1 Å². The lowest BCUT2D eigenvalue weighted by molar-refractivity contribution is 0.592. The maximum absolute atomic E-state index is 5.83. The van der Waals surface area contributed by atoms with Crippen molar-refractivity contribution in [3.63, 3.8) is 0 Å². The molecule has 3 heteroatoms. The predicted octanol–water partition coefficient (Wildman–Crippen LogP) is 3.24. The molecule has 0 aliphatic carbocycles. The summed E-state index contributed by atoms with van der Waals surface area (Å²) in [4.78, 5) is 1.33. The fourth-order valence-corrected chi connectivity index (χ4v) is 2.39. The van der Waals surface area contributed by atoms with Crippen LogP contribution in [0.15, 0.2) is 12.1 Å². The van der Waals surface area contributed by atoms with Crippen LogP contribution >= 0.6 is 22.9 Å². The van der Waals surface area contributed by atoms with Crippen LogP contribution in [0.5, 0.6) is 0 Å². The molecule has 0 aliphatic rings. The van der Waals surface area contributed by atoms with Crippen molar-refractivity contribution in [3.05, 3.63) is 21.3 Å². The van der Waals surface area contributed by atoms with Gasteiger partial charge in [-0.25, -0.2) is 0 Å². The topological polar surface area (TPSA) is 26.0 Å². The van der Waals surface area contributed by atoms with E-state index < -0.39 is 0 Å².